The molecule has 3 atom stereocenters. The molecule has 2 N–H and O–H groups in total. The molecule has 0 radical (unpaired) electrons. The third kappa shape index (κ3) is 1.65. The van der Waals surface area contributed by atoms with Gasteiger partial charge in [0.2, 0.25) is 0 Å². The molecule has 0 aromatic rings. The van der Waals surface area contributed by atoms with Crippen LogP contribution in [0.25, 0.3) is 0 Å². The summed E-state index contributed by atoms with van der Waals surface area (Å²) in [7, 11) is 0. The normalized spacial score (nSPS) is 45.0. The van der Waals surface area contributed by atoms with Crippen LogP contribution < -0.4 is 5.73 Å². The smallest absolute Gasteiger partial charge is 0.115 e. The first-order valence-electron chi connectivity index (χ1n) is 3.60. The van der Waals surface area contributed by atoms with Gasteiger partial charge in [-0.2, -0.15) is 0 Å². The lowest BCUT2D eigenvalue weighted by molar-refractivity contribution is 0.179. The molecule has 0 aliphatic heterocycles. The Hall–Kier alpha value is -0.110. The third-order valence-electron chi connectivity index (χ3n) is 2.08. The highest BCUT2D eigenvalue weighted by Gasteiger charge is 2.24. The van der Waals surface area contributed by atoms with Crippen molar-refractivity contribution < 1.29 is 4.39 Å². The highest BCUT2D eigenvalue weighted by atomic mass is 19.1. The molecule has 9 heavy (non-hydrogen) atoms. The molecule has 0 saturated heterocycles. The van der Waals surface area contributed by atoms with Gasteiger partial charge in [-0.25, -0.2) is 4.39 Å². The van der Waals surface area contributed by atoms with Crippen LogP contribution in [0.5, 0.6) is 0 Å². The number of alkyl halides is 1. The first-order chi connectivity index (χ1) is 4.20. The van der Waals surface area contributed by atoms with Gasteiger partial charge in [-0.1, -0.05) is 6.92 Å². The van der Waals surface area contributed by atoms with E-state index in [4.69, 9.17) is 5.73 Å². The van der Waals surface area contributed by atoms with Gasteiger partial charge in [0.15, 0.2) is 0 Å². The van der Waals surface area contributed by atoms with Crippen molar-refractivity contribution in [2.24, 2.45) is 11.7 Å². The van der Waals surface area contributed by atoms with Gasteiger partial charge < -0.3 is 5.73 Å². The van der Waals surface area contributed by atoms with Crippen LogP contribution in [0, 0.1) is 5.92 Å². The van der Waals surface area contributed by atoms with Crippen LogP contribution in [0.15, 0.2) is 0 Å². The van der Waals surface area contributed by atoms with Crippen LogP contribution in [-0.4, -0.2) is 12.2 Å². The largest absolute Gasteiger partial charge is 0.325 e. The van der Waals surface area contributed by atoms with Gasteiger partial charge in [0, 0.05) is 6.04 Å². The monoisotopic (exact) mass is 131 g/mol. The van der Waals surface area contributed by atoms with Crippen molar-refractivity contribution in [2.45, 2.75) is 38.4 Å². The Labute approximate surface area is 55.4 Å². The van der Waals surface area contributed by atoms with E-state index in [0.717, 1.165) is 12.8 Å². The van der Waals surface area contributed by atoms with E-state index in [2.05, 4.69) is 6.92 Å². The molecular formula is C7H14FN. The quantitative estimate of drug-likeness (QED) is 0.529. The Bertz CT molecular complexity index is 94.9. The predicted molar refractivity (Wildman–Crippen MR) is 35.9 cm³/mol. The number of hydrogen-bond donors (Lipinski definition) is 1. The van der Waals surface area contributed by atoms with Crippen LogP contribution >= 0.6 is 0 Å². The topological polar surface area (TPSA) is 26.0 Å². The average molecular weight is 131 g/mol. The molecule has 1 fully saturated rings. The highest BCUT2D eigenvalue weighted by Crippen LogP contribution is 2.24. The lowest BCUT2D eigenvalue weighted by Gasteiger charge is -2.26. The van der Waals surface area contributed by atoms with E-state index in [1.54, 1.807) is 0 Å². The van der Waals surface area contributed by atoms with Crippen molar-refractivity contribution in [3.63, 3.8) is 0 Å². The molecule has 0 spiro atoms. The van der Waals surface area contributed by atoms with E-state index in [0.29, 0.717) is 12.3 Å². The SMILES string of the molecule is C[C@@H]1CC[C@H](N)[C@@H](F)C1. The van der Waals surface area contributed by atoms with Crippen LogP contribution in [0.4, 0.5) is 4.39 Å². The maximum Gasteiger partial charge on any atom is 0.115 e. The van der Waals surface area contributed by atoms with Crippen LogP contribution in [-0.2, 0) is 0 Å². The Kier molecular flexibility index (Phi) is 2.06. The lowest BCUT2D eigenvalue weighted by atomic mass is 9.86. The second-order valence-corrected chi connectivity index (χ2v) is 3.10. The highest BCUT2D eigenvalue weighted by molar-refractivity contribution is 4.80. The fourth-order valence-electron chi connectivity index (χ4n) is 1.33. The van der Waals surface area contributed by atoms with Crippen LogP contribution in [0.2, 0.25) is 0 Å². The molecule has 0 amide bonds. The minimum Gasteiger partial charge on any atom is -0.325 e. The maximum atomic E-state index is 12.7. The molecule has 1 rings (SSSR count). The molecule has 1 saturated carbocycles. The van der Waals surface area contributed by atoms with Gasteiger partial charge in [-0.3, -0.25) is 0 Å². The first kappa shape index (κ1) is 7.00. The molecule has 0 unspecified atom stereocenters. The fraction of sp³-hybridized carbons (Fsp3) is 1.00. The van der Waals surface area contributed by atoms with Crippen LogP contribution in [0.3, 0.4) is 0 Å². The summed E-state index contributed by atoms with van der Waals surface area (Å²) in [6, 6.07) is -0.179. The van der Waals surface area contributed by atoms with Gasteiger partial charge in [-0.15, -0.1) is 0 Å². The van der Waals surface area contributed by atoms with E-state index < -0.39 is 6.17 Å². The molecule has 0 bridgehead atoms. The van der Waals surface area contributed by atoms with Crippen molar-refractivity contribution in [3.8, 4) is 0 Å². The number of hydrogen-bond acceptors (Lipinski definition) is 1. The predicted octanol–water partition coefficient (Wildman–Crippen LogP) is 1.47. The molecular weight excluding hydrogens is 117 g/mol. The zero-order valence-electron chi connectivity index (χ0n) is 5.81. The summed E-state index contributed by atoms with van der Waals surface area (Å²) in [5, 5.41) is 0. The Balaban J connectivity index is 2.35. The average Bonchev–Trinajstić information content (AvgIpc) is 1.80. The molecule has 54 valence electrons. The number of rotatable bonds is 0. The van der Waals surface area contributed by atoms with Crippen molar-refractivity contribution in [2.75, 3.05) is 0 Å². The van der Waals surface area contributed by atoms with E-state index in [-0.39, 0.29) is 6.04 Å². The van der Waals surface area contributed by atoms with Crippen molar-refractivity contribution >= 4 is 0 Å². The summed E-state index contributed by atoms with van der Waals surface area (Å²) < 4.78 is 12.7. The Morgan fingerprint density at radius 1 is 1.44 bits per heavy atom. The summed E-state index contributed by atoms with van der Waals surface area (Å²) in [6.45, 7) is 2.08. The van der Waals surface area contributed by atoms with E-state index in [1.165, 1.54) is 0 Å². The fourth-order valence-corrected chi connectivity index (χ4v) is 1.33. The zero-order chi connectivity index (χ0) is 6.85. The Morgan fingerprint density at radius 2 is 2.11 bits per heavy atom. The maximum absolute atomic E-state index is 12.7. The lowest BCUT2D eigenvalue weighted by Crippen LogP contribution is -2.36. The summed E-state index contributed by atoms with van der Waals surface area (Å²) in [4.78, 5) is 0. The molecule has 1 aliphatic carbocycles. The van der Waals surface area contributed by atoms with Gasteiger partial charge in [0.1, 0.15) is 6.17 Å². The zero-order valence-corrected chi connectivity index (χ0v) is 5.81. The summed E-state index contributed by atoms with van der Waals surface area (Å²) in [5.74, 6) is 0.541. The second kappa shape index (κ2) is 2.65. The molecule has 0 aromatic carbocycles. The summed E-state index contributed by atoms with van der Waals surface area (Å²) in [6.07, 6.45) is 1.89. The second-order valence-electron chi connectivity index (χ2n) is 3.10. The Morgan fingerprint density at radius 3 is 2.56 bits per heavy atom. The minimum atomic E-state index is -0.742. The van der Waals surface area contributed by atoms with Crippen molar-refractivity contribution in [1.29, 1.82) is 0 Å². The van der Waals surface area contributed by atoms with Crippen molar-refractivity contribution in [3.05, 3.63) is 0 Å². The minimum absolute atomic E-state index is 0.179. The number of nitrogens with two attached hydrogens (primary N) is 1. The molecule has 2 heteroatoms. The van der Waals surface area contributed by atoms with E-state index >= 15 is 0 Å². The van der Waals surface area contributed by atoms with Gasteiger partial charge in [0.05, 0.1) is 0 Å². The standard InChI is InChI=1S/C7H14FN/c1-5-2-3-7(9)6(8)4-5/h5-7H,2-4,9H2,1H3/t5-,6+,7+/m1/s1. The third-order valence-corrected chi connectivity index (χ3v) is 2.08. The van der Waals surface area contributed by atoms with Gasteiger partial charge in [-0.05, 0) is 25.2 Å². The number of halogens is 1. The van der Waals surface area contributed by atoms with Crippen LogP contribution in [0.1, 0.15) is 26.2 Å². The summed E-state index contributed by atoms with van der Waals surface area (Å²) in [5.41, 5.74) is 5.47. The molecule has 0 heterocycles. The summed E-state index contributed by atoms with van der Waals surface area (Å²) >= 11 is 0. The van der Waals surface area contributed by atoms with E-state index in [1.807, 2.05) is 0 Å². The first-order valence-corrected chi connectivity index (χ1v) is 3.60. The van der Waals surface area contributed by atoms with Gasteiger partial charge in [0.25, 0.3) is 0 Å². The van der Waals surface area contributed by atoms with Gasteiger partial charge >= 0.3 is 0 Å². The molecule has 0 aromatic heterocycles. The van der Waals surface area contributed by atoms with Crippen molar-refractivity contribution in [1.82, 2.24) is 0 Å². The molecule has 1 aliphatic rings. The van der Waals surface area contributed by atoms with E-state index in [9.17, 15) is 4.39 Å². The molecule has 1 nitrogen and oxygen atoms in total.